The summed E-state index contributed by atoms with van der Waals surface area (Å²) in [6, 6.07) is 13.3. The molecule has 1 amide bonds. The maximum Gasteiger partial charge on any atom is 0.255 e. The van der Waals surface area contributed by atoms with Crippen molar-refractivity contribution < 1.29 is 4.79 Å². The molecule has 0 radical (unpaired) electrons. The largest absolute Gasteiger partial charge is 0.378 e. The highest BCUT2D eigenvalue weighted by Crippen LogP contribution is 2.31. The first-order valence-electron chi connectivity index (χ1n) is 8.68. The van der Waals surface area contributed by atoms with Crippen LogP contribution in [0.15, 0.2) is 42.5 Å². The number of nitrogens with one attached hydrogen (secondary N) is 1. The van der Waals surface area contributed by atoms with E-state index in [-0.39, 0.29) is 5.91 Å². The molecule has 0 atom stereocenters. The lowest BCUT2D eigenvalue weighted by atomic mass is 10.1. The van der Waals surface area contributed by atoms with Crippen molar-refractivity contribution in [1.82, 2.24) is 0 Å². The van der Waals surface area contributed by atoms with Crippen LogP contribution < -0.4 is 15.1 Å². The fourth-order valence-corrected chi connectivity index (χ4v) is 3.31. The Morgan fingerprint density at radius 1 is 1.08 bits per heavy atom. The maximum atomic E-state index is 12.7. The molecule has 1 aliphatic rings. The van der Waals surface area contributed by atoms with E-state index in [2.05, 4.69) is 10.2 Å². The van der Waals surface area contributed by atoms with E-state index >= 15 is 0 Å². The quantitative estimate of drug-likeness (QED) is 0.865. The van der Waals surface area contributed by atoms with Crippen molar-refractivity contribution in [3.8, 4) is 0 Å². The molecule has 5 heteroatoms. The van der Waals surface area contributed by atoms with Gasteiger partial charge in [0.15, 0.2) is 0 Å². The summed E-state index contributed by atoms with van der Waals surface area (Å²) in [7, 11) is 3.92. The minimum absolute atomic E-state index is 0.121. The number of nitrogens with zero attached hydrogens (tertiary/aromatic N) is 2. The summed E-state index contributed by atoms with van der Waals surface area (Å²) in [6.45, 7) is 2.03. The van der Waals surface area contributed by atoms with E-state index in [0.29, 0.717) is 10.6 Å². The van der Waals surface area contributed by atoms with Gasteiger partial charge in [-0.2, -0.15) is 0 Å². The Hall–Kier alpha value is -2.20. The number of carbonyl (C=O) groups is 1. The second kappa shape index (κ2) is 7.79. The van der Waals surface area contributed by atoms with Crippen molar-refractivity contribution in [2.45, 2.75) is 19.3 Å². The van der Waals surface area contributed by atoms with Crippen molar-refractivity contribution >= 4 is 34.6 Å². The predicted molar refractivity (Wildman–Crippen MR) is 106 cm³/mol. The highest BCUT2D eigenvalue weighted by Gasteiger charge is 2.17. The van der Waals surface area contributed by atoms with E-state index in [0.717, 1.165) is 30.2 Å². The van der Waals surface area contributed by atoms with Crippen molar-refractivity contribution in [1.29, 1.82) is 0 Å². The molecule has 1 saturated heterocycles. The highest BCUT2D eigenvalue weighted by molar-refractivity contribution is 6.31. The average molecular weight is 358 g/mol. The third-order valence-corrected chi connectivity index (χ3v) is 4.76. The number of benzene rings is 2. The van der Waals surface area contributed by atoms with E-state index in [4.69, 9.17) is 11.6 Å². The number of piperidine rings is 1. The van der Waals surface area contributed by atoms with Crippen molar-refractivity contribution in [3.05, 3.63) is 53.1 Å². The van der Waals surface area contributed by atoms with Gasteiger partial charge in [-0.3, -0.25) is 4.79 Å². The van der Waals surface area contributed by atoms with Crippen LogP contribution >= 0.6 is 11.6 Å². The molecule has 0 saturated carbocycles. The molecular weight excluding hydrogens is 334 g/mol. The lowest BCUT2D eigenvalue weighted by Gasteiger charge is -2.30. The molecule has 25 heavy (non-hydrogen) atoms. The molecule has 0 unspecified atom stereocenters. The summed E-state index contributed by atoms with van der Waals surface area (Å²) in [4.78, 5) is 17.1. The molecule has 0 aliphatic carbocycles. The third kappa shape index (κ3) is 4.26. The lowest BCUT2D eigenvalue weighted by molar-refractivity contribution is 0.102. The Morgan fingerprint density at radius 2 is 1.84 bits per heavy atom. The first kappa shape index (κ1) is 17.6. The fourth-order valence-electron chi connectivity index (χ4n) is 3.14. The van der Waals surface area contributed by atoms with Gasteiger partial charge in [-0.25, -0.2) is 0 Å². The molecule has 0 spiro atoms. The Kier molecular flexibility index (Phi) is 5.49. The maximum absolute atomic E-state index is 12.7. The van der Waals surface area contributed by atoms with E-state index in [1.165, 1.54) is 19.3 Å². The van der Waals surface area contributed by atoms with Crippen LogP contribution in [-0.4, -0.2) is 33.1 Å². The van der Waals surface area contributed by atoms with E-state index in [1.54, 1.807) is 0 Å². The van der Waals surface area contributed by atoms with Crippen molar-refractivity contribution in [2.24, 2.45) is 0 Å². The zero-order chi connectivity index (χ0) is 17.8. The van der Waals surface area contributed by atoms with Gasteiger partial charge >= 0.3 is 0 Å². The molecule has 2 aromatic rings. The summed E-state index contributed by atoms with van der Waals surface area (Å²) in [5, 5.41) is 3.67. The van der Waals surface area contributed by atoms with Gasteiger partial charge in [0.05, 0.1) is 11.4 Å². The molecule has 1 N–H and O–H groups in total. The molecular formula is C20H24ClN3O. The number of halogens is 1. The van der Waals surface area contributed by atoms with E-state index in [1.807, 2.05) is 61.5 Å². The number of hydrogen-bond donors (Lipinski definition) is 1. The molecule has 1 aliphatic heterocycles. The molecule has 1 heterocycles. The van der Waals surface area contributed by atoms with E-state index < -0.39 is 0 Å². The summed E-state index contributed by atoms with van der Waals surface area (Å²) < 4.78 is 0. The Labute approximate surface area is 154 Å². The minimum Gasteiger partial charge on any atom is -0.378 e. The minimum atomic E-state index is -0.121. The molecule has 0 bridgehead atoms. The number of hydrogen-bond acceptors (Lipinski definition) is 3. The van der Waals surface area contributed by atoms with Crippen LogP contribution in [0.1, 0.15) is 29.6 Å². The van der Waals surface area contributed by atoms with Crippen LogP contribution in [0.3, 0.4) is 0 Å². The average Bonchev–Trinajstić information content (AvgIpc) is 2.62. The van der Waals surface area contributed by atoms with Crippen LogP contribution in [0.2, 0.25) is 5.02 Å². The van der Waals surface area contributed by atoms with Crippen LogP contribution in [0.25, 0.3) is 0 Å². The normalized spacial score (nSPS) is 14.3. The second-order valence-corrected chi connectivity index (χ2v) is 7.04. The monoisotopic (exact) mass is 357 g/mol. The van der Waals surface area contributed by atoms with Crippen molar-refractivity contribution in [2.75, 3.05) is 42.3 Å². The smallest absolute Gasteiger partial charge is 0.255 e. The molecule has 0 aromatic heterocycles. The van der Waals surface area contributed by atoms with Gasteiger partial charge in [0, 0.05) is 43.5 Å². The second-order valence-electron chi connectivity index (χ2n) is 6.61. The van der Waals surface area contributed by atoms with Crippen LogP contribution in [0.4, 0.5) is 17.1 Å². The summed E-state index contributed by atoms with van der Waals surface area (Å²) >= 11 is 6.18. The van der Waals surface area contributed by atoms with Gasteiger partial charge in [0.25, 0.3) is 5.91 Å². The first-order valence-corrected chi connectivity index (χ1v) is 9.05. The standard InChI is InChI=1S/C20H24ClN3O/c1-23(2)17-8-6-7-15(13-17)20(25)22-18-14-16(21)9-10-19(18)24-11-4-3-5-12-24/h6-10,13-14H,3-5,11-12H2,1-2H3,(H,22,25). The number of amides is 1. The van der Waals surface area contributed by atoms with Gasteiger partial charge < -0.3 is 15.1 Å². The zero-order valence-electron chi connectivity index (χ0n) is 14.8. The molecule has 132 valence electrons. The summed E-state index contributed by atoms with van der Waals surface area (Å²) in [6.07, 6.45) is 3.63. The lowest BCUT2D eigenvalue weighted by Crippen LogP contribution is -2.30. The SMILES string of the molecule is CN(C)c1cccc(C(=O)Nc2cc(Cl)ccc2N2CCCCC2)c1. The molecule has 1 fully saturated rings. The third-order valence-electron chi connectivity index (χ3n) is 4.53. The molecule has 3 rings (SSSR count). The van der Waals surface area contributed by atoms with Crippen LogP contribution in [-0.2, 0) is 0 Å². The number of carbonyl (C=O) groups excluding carboxylic acids is 1. The number of anilines is 3. The first-order chi connectivity index (χ1) is 12.0. The fraction of sp³-hybridized carbons (Fsp3) is 0.350. The Morgan fingerprint density at radius 3 is 2.56 bits per heavy atom. The highest BCUT2D eigenvalue weighted by atomic mass is 35.5. The van der Waals surface area contributed by atoms with E-state index in [9.17, 15) is 4.79 Å². The van der Waals surface area contributed by atoms with Gasteiger partial charge in [0.1, 0.15) is 0 Å². The number of rotatable bonds is 4. The zero-order valence-corrected chi connectivity index (χ0v) is 15.5. The molecule has 2 aromatic carbocycles. The van der Waals surface area contributed by atoms with Gasteiger partial charge in [-0.15, -0.1) is 0 Å². The van der Waals surface area contributed by atoms with Gasteiger partial charge in [-0.1, -0.05) is 17.7 Å². The van der Waals surface area contributed by atoms with Gasteiger partial charge in [-0.05, 0) is 55.7 Å². The molecule has 4 nitrogen and oxygen atoms in total. The Balaban J connectivity index is 1.85. The van der Waals surface area contributed by atoms with Gasteiger partial charge in [0.2, 0.25) is 0 Å². The van der Waals surface area contributed by atoms with Crippen LogP contribution in [0.5, 0.6) is 0 Å². The summed E-state index contributed by atoms with van der Waals surface area (Å²) in [5.41, 5.74) is 3.45. The Bertz CT molecular complexity index is 754. The topological polar surface area (TPSA) is 35.6 Å². The summed E-state index contributed by atoms with van der Waals surface area (Å²) in [5.74, 6) is -0.121. The predicted octanol–water partition coefficient (Wildman–Crippen LogP) is 4.65. The van der Waals surface area contributed by atoms with Crippen LogP contribution in [0, 0.1) is 0 Å². The van der Waals surface area contributed by atoms with Crippen molar-refractivity contribution in [3.63, 3.8) is 0 Å².